The van der Waals surface area contributed by atoms with Gasteiger partial charge < -0.3 is 10.1 Å². The van der Waals surface area contributed by atoms with E-state index >= 15 is 0 Å². The molecule has 0 spiro atoms. The molecule has 96 valence electrons. The summed E-state index contributed by atoms with van der Waals surface area (Å²) in [5.74, 6) is 0. The second-order valence-electron chi connectivity index (χ2n) is 4.65. The molecule has 0 saturated heterocycles. The van der Waals surface area contributed by atoms with Crippen molar-refractivity contribution in [1.29, 1.82) is 0 Å². The molecule has 4 heteroatoms. The summed E-state index contributed by atoms with van der Waals surface area (Å²) in [7, 11) is 0. The third-order valence-electron chi connectivity index (χ3n) is 3.26. The number of rotatable bonds is 7. The predicted molar refractivity (Wildman–Crippen MR) is 67.9 cm³/mol. The number of ether oxygens (including phenoxy) is 1. The van der Waals surface area contributed by atoms with Crippen molar-refractivity contribution in [2.24, 2.45) is 0 Å². The lowest BCUT2D eigenvalue weighted by molar-refractivity contribution is 0.0303. The molecule has 0 unspecified atom stereocenters. The van der Waals surface area contributed by atoms with E-state index in [1.54, 1.807) is 0 Å². The number of hydrogen-bond acceptors (Lipinski definition) is 3. The van der Waals surface area contributed by atoms with Gasteiger partial charge >= 0.3 is 0 Å². The Labute approximate surface area is 103 Å². The van der Waals surface area contributed by atoms with Gasteiger partial charge in [0.15, 0.2) is 0 Å². The molecule has 1 fully saturated rings. The number of hydrogen-bond donors (Lipinski definition) is 1. The normalized spacial score (nSPS) is 17.4. The molecule has 1 aliphatic carbocycles. The highest BCUT2D eigenvalue weighted by Crippen LogP contribution is 2.19. The van der Waals surface area contributed by atoms with Crippen LogP contribution in [0.1, 0.15) is 32.1 Å². The topological polar surface area (TPSA) is 39.1 Å². The summed E-state index contributed by atoms with van der Waals surface area (Å²) in [6.07, 6.45) is 10.9. The zero-order valence-electron chi connectivity index (χ0n) is 10.5. The van der Waals surface area contributed by atoms with E-state index in [1.807, 2.05) is 23.1 Å². The van der Waals surface area contributed by atoms with Gasteiger partial charge in [0.05, 0.1) is 19.3 Å². The Hall–Kier alpha value is -0.870. The lowest BCUT2D eigenvalue weighted by Gasteiger charge is -2.22. The second-order valence-corrected chi connectivity index (χ2v) is 4.65. The SMILES string of the molecule is c1cnn(CCNCCOC2CCCCC2)c1. The maximum atomic E-state index is 5.84. The van der Waals surface area contributed by atoms with Gasteiger partial charge in [-0.2, -0.15) is 5.10 Å². The third kappa shape index (κ3) is 4.88. The molecule has 0 aromatic carbocycles. The van der Waals surface area contributed by atoms with E-state index in [0.717, 1.165) is 26.2 Å². The van der Waals surface area contributed by atoms with Crippen molar-refractivity contribution in [2.45, 2.75) is 44.8 Å². The summed E-state index contributed by atoms with van der Waals surface area (Å²) in [5.41, 5.74) is 0. The van der Waals surface area contributed by atoms with Crippen LogP contribution in [0.3, 0.4) is 0 Å². The van der Waals surface area contributed by atoms with Gasteiger partial charge in [-0.15, -0.1) is 0 Å². The van der Waals surface area contributed by atoms with E-state index < -0.39 is 0 Å². The van der Waals surface area contributed by atoms with Gasteiger partial charge in [0.25, 0.3) is 0 Å². The van der Waals surface area contributed by atoms with Crippen LogP contribution in [0.15, 0.2) is 18.5 Å². The average molecular weight is 237 g/mol. The molecular weight excluding hydrogens is 214 g/mol. The molecule has 17 heavy (non-hydrogen) atoms. The van der Waals surface area contributed by atoms with E-state index in [4.69, 9.17) is 4.74 Å². The highest BCUT2D eigenvalue weighted by Gasteiger charge is 2.12. The van der Waals surface area contributed by atoms with Crippen LogP contribution in [0.5, 0.6) is 0 Å². The molecule has 0 radical (unpaired) electrons. The van der Waals surface area contributed by atoms with Gasteiger partial charge in [-0.05, 0) is 18.9 Å². The minimum absolute atomic E-state index is 0.525. The van der Waals surface area contributed by atoms with Crippen LogP contribution in [0, 0.1) is 0 Å². The molecular formula is C13H23N3O. The molecule has 1 N–H and O–H groups in total. The molecule has 1 aromatic heterocycles. The summed E-state index contributed by atoms with van der Waals surface area (Å²) < 4.78 is 7.77. The molecule has 0 aliphatic heterocycles. The van der Waals surface area contributed by atoms with Gasteiger partial charge in [-0.1, -0.05) is 19.3 Å². The predicted octanol–water partition coefficient (Wildman–Crippen LogP) is 1.82. The van der Waals surface area contributed by atoms with Crippen LogP contribution in [-0.4, -0.2) is 35.6 Å². The maximum Gasteiger partial charge on any atom is 0.0594 e. The second kappa shape index (κ2) is 7.45. The Kier molecular flexibility index (Phi) is 5.52. The Morgan fingerprint density at radius 2 is 2.12 bits per heavy atom. The quantitative estimate of drug-likeness (QED) is 0.735. The fraction of sp³-hybridized carbons (Fsp3) is 0.769. The monoisotopic (exact) mass is 237 g/mol. The molecule has 2 rings (SSSR count). The van der Waals surface area contributed by atoms with Gasteiger partial charge in [-0.3, -0.25) is 4.68 Å². The smallest absolute Gasteiger partial charge is 0.0594 e. The zero-order chi connectivity index (χ0) is 11.8. The summed E-state index contributed by atoms with van der Waals surface area (Å²) in [6, 6.07) is 1.95. The lowest BCUT2D eigenvalue weighted by Crippen LogP contribution is -2.27. The minimum Gasteiger partial charge on any atom is -0.377 e. The molecule has 1 saturated carbocycles. The zero-order valence-corrected chi connectivity index (χ0v) is 10.5. The first-order valence-corrected chi connectivity index (χ1v) is 6.75. The lowest BCUT2D eigenvalue weighted by atomic mass is 9.98. The van der Waals surface area contributed by atoms with Gasteiger partial charge in [0.2, 0.25) is 0 Å². The van der Waals surface area contributed by atoms with Crippen molar-refractivity contribution in [1.82, 2.24) is 15.1 Å². The van der Waals surface area contributed by atoms with Crippen LogP contribution >= 0.6 is 0 Å². The Balaban J connectivity index is 1.43. The number of nitrogens with zero attached hydrogens (tertiary/aromatic N) is 2. The van der Waals surface area contributed by atoms with Gasteiger partial charge in [0, 0.05) is 25.5 Å². The first-order valence-electron chi connectivity index (χ1n) is 6.75. The number of nitrogens with one attached hydrogen (secondary N) is 1. The Morgan fingerprint density at radius 1 is 1.24 bits per heavy atom. The standard InChI is InChI=1S/C13H23N3O/c1-2-5-13(6-3-1)17-12-9-14-8-11-16-10-4-7-15-16/h4,7,10,13-14H,1-3,5-6,8-9,11-12H2. The van der Waals surface area contributed by atoms with Crippen LogP contribution in [0.2, 0.25) is 0 Å². The summed E-state index contributed by atoms with van der Waals surface area (Å²) >= 11 is 0. The van der Waals surface area contributed by atoms with Crippen LogP contribution in [0.25, 0.3) is 0 Å². The molecule has 4 nitrogen and oxygen atoms in total. The van der Waals surface area contributed by atoms with Crippen molar-refractivity contribution in [3.8, 4) is 0 Å². The average Bonchev–Trinajstić information content (AvgIpc) is 2.88. The molecule has 0 bridgehead atoms. The van der Waals surface area contributed by atoms with Crippen molar-refractivity contribution < 1.29 is 4.74 Å². The molecule has 1 aliphatic rings. The van der Waals surface area contributed by atoms with E-state index in [-0.39, 0.29) is 0 Å². The van der Waals surface area contributed by atoms with E-state index in [1.165, 1.54) is 32.1 Å². The van der Waals surface area contributed by atoms with Crippen molar-refractivity contribution >= 4 is 0 Å². The highest BCUT2D eigenvalue weighted by molar-refractivity contribution is 4.77. The van der Waals surface area contributed by atoms with Crippen molar-refractivity contribution in [3.05, 3.63) is 18.5 Å². The fourth-order valence-electron chi connectivity index (χ4n) is 2.28. The van der Waals surface area contributed by atoms with E-state index in [2.05, 4.69) is 10.4 Å². The minimum atomic E-state index is 0.525. The van der Waals surface area contributed by atoms with E-state index in [9.17, 15) is 0 Å². The van der Waals surface area contributed by atoms with Crippen LogP contribution in [0.4, 0.5) is 0 Å². The van der Waals surface area contributed by atoms with E-state index in [0.29, 0.717) is 6.10 Å². The van der Waals surface area contributed by atoms with Crippen LogP contribution in [-0.2, 0) is 11.3 Å². The van der Waals surface area contributed by atoms with Gasteiger partial charge in [0.1, 0.15) is 0 Å². The van der Waals surface area contributed by atoms with Gasteiger partial charge in [-0.25, -0.2) is 0 Å². The largest absolute Gasteiger partial charge is 0.377 e. The molecule has 0 amide bonds. The Bertz CT molecular complexity index is 281. The first-order chi connectivity index (χ1) is 8.45. The number of aromatic nitrogens is 2. The van der Waals surface area contributed by atoms with Crippen LogP contribution < -0.4 is 5.32 Å². The molecule has 1 aromatic rings. The molecule has 0 atom stereocenters. The highest BCUT2D eigenvalue weighted by atomic mass is 16.5. The Morgan fingerprint density at radius 3 is 2.88 bits per heavy atom. The molecule has 1 heterocycles. The first kappa shape index (κ1) is 12.6. The maximum absolute atomic E-state index is 5.84. The fourth-order valence-corrected chi connectivity index (χ4v) is 2.28. The summed E-state index contributed by atoms with van der Waals surface area (Å²) in [6.45, 7) is 3.66. The summed E-state index contributed by atoms with van der Waals surface area (Å²) in [5, 5.41) is 7.53. The summed E-state index contributed by atoms with van der Waals surface area (Å²) in [4.78, 5) is 0. The van der Waals surface area contributed by atoms with Crippen molar-refractivity contribution in [3.63, 3.8) is 0 Å². The third-order valence-corrected chi connectivity index (χ3v) is 3.26. The van der Waals surface area contributed by atoms with Crippen molar-refractivity contribution in [2.75, 3.05) is 19.7 Å².